The zero-order chi connectivity index (χ0) is 18.5. The third kappa shape index (κ3) is 4.56. The zero-order valence-corrected chi connectivity index (χ0v) is 15.7. The maximum absolute atomic E-state index is 14.0. The topological polar surface area (TPSA) is 49.4 Å². The van der Waals surface area contributed by atoms with Crippen LogP contribution in [0.25, 0.3) is 0 Å². The van der Waals surface area contributed by atoms with Gasteiger partial charge in [0.15, 0.2) is 0 Å². The lowest BCUT2D eigenvalue weighted by Crippen LogP contribution is -2.45. The molecule has 1 aromatic rings. The molecule has 142 valence electrons. The van der Waals surface area contributed by atoms with Crippen LogP contribution >= 0.6 is 11.6 Å². The lowest BCUT2D eigenvalue weighted by Gasteiger charge is -2.32. The van der Waals surface area contributed by atoms with E-state index >= 15 is 0 Å². The molecule has 26 heavy (non-hydrogen) atoms. The summed E-state index contributed by atoms with van der Waals surface area (Å²) in [5.41, 5.74) is -0.0736. The number of nitrogens with one attached hydrogen (secondary N) is 1. The van der Waals surface area contributed by atoms with Crippen molar-refractivity contribution in [3.8, 4) is 0 Å². The highest BCUT2D eigenvalue weighted by atomic mass is 35.5. The standard InChI is InChI=1S/C20H26ClFN2O2/c21-16-8-5-9-17(22)18(16)20(26)24-12-10-14(11-13-24)19(25)23-15-6-3-1-2-4-7-15/h5,8-9,14-15H,1-4,6-7,10-13H2,(H,23,25). The smallest absolute Gasteiger partial charge is 0.258 e. The molecular formula is C20H26ClFN2O2. The number of halogens is 2. The Labute approximate surface area is 159 Å². The van der Waals surface area contributed by atoms with Gasteiger partial charge < -0.3 is 10.2 Å². The monoisotopic (exact) mass is 380 g/mol. The number of nitrogens with zero attached hydrogens (tertiary/aromatic N) is 1. The van der Waals surface area contributed by atoms with Crippen LogP contribution in [0, 0.1) is 11.7 Å². The van der Waals surface area contributed by atoms with E-state index in [-0.39, 0.29) is 22.4 Å². The maximum atomic E-state index is 14.0. The van der Waals surface area contributed by atoms with E-state index in [2.05, 4.69) is 5.32 Å². The van der Waals surface area contributed by atoms with Crippen LogP contribution in [-0.2, 0) is 4.79 Å². The fraction of sp³-hybridized carbons (Fsp3) is 0.600. The molecule has 0 unspecified atom stereocenters. The second-order valence-corrected chi connectivity index (χ2v) is 7.77. The number of hydrogen-bond acceptors (Lipinski definition) is 2. The number of rotatable bonds is 3. The normalized spacial score (nSPS) is 19.8. The molecule has 1 aromatic carbocycles. The summed E-state index contributed by atoms with van der Waals surface area (Å²) >= 11 is 5.99. The SMILES string of the molecule is O=C(NC1CCCCCC1)C1CCN(C(=O)c2c(F)cccc2Cl)CC1. The third-order valence-electron chi connectivity index (χ3n) is 5.53. The molecule has 1 aliphatic heterocycles. The van der Waals surface area contributed by atoms with Crippen molar-refractivity contribution in [1.82, 2.24) is 10.2 Å². The minimum atomic E-state index is -0.601. The van der Waals surface area contributed by atoms with E-state index in [1.807, 2.05) is 0 Å². The van der Waals surface area contributed by atoms with Gasteiger partial charge in [-0.05, 0) is 37.8 Å². The third-order valence-corrected chi connectivity index (χ3v) is 5.85. The quantitative estimate of drug-likeness (QED) is 0.800. The second-order valence-electron chi connectivity index (χ2n) is 7.36. The first-order chi connectivity index (χ1) is 12.6. The molecule has 0 spiro atoms. The first kappa shape index (κ1) is 19.2. The van der Waals surface area contributed by atoms with E-state index in [0.717, 1.165) is 12.8 Å². The average molecular weight is 381 g/mol. The molecule has 1 saturated carbocycles. The van der Waals surface area contributed by atoms with E-state index in [9.17, 15) is 14.0 Å². The van der Waals surface area contributed by atoms with Crippen LogP contribution in [-0.4, -0.2) is 35.8 Å². The summed E-state index contributed by atoms with van der Waals surface area (Å²) in [6, 6.07) is 4.54. The molecule has 0 atom stereocenters. The minimum absolute atomic E-state index is 0.0709. The van der Waals surface area contributed by atoms with Gasteiger partial charge in [0.25, 0.3) is 5.91 Å². The Morgan fingerprint density at radius 2 is 1.69 bits per heavy atom. The molecule has 2 aliphatic rings. The first-order valence-corrected chi connectivity index (χ1v) is 9.97. The molecule has 1 heterocycles. The van der Waals surface area contributed by atoms with Gasteiger partial charge in [0, 0.05) is 25.0 Å². The lowest BCUT2D eigenvalue weighted by molar-refractivity contribution is -0.127. The van der Waals surface area contributed by atoms with E-state index in [1.165, 1.54) is 43.9 Å². The van der Waals surface area contributed by atoms with Crippen LogP contribution in [0.5, 0.6) is 0 Å². The van der Waals surface area contributed by atoms with Crippen LogP contribution in [0.15, 0.2) is 18.2 Å². The van der Waals surface area contributed by atoms with E-state index in [0.29, 0.717) is 32.0 Å². The van der Waals surface area contributed by atoms with Crippen molar-refractivity contribution in [2.75, 3.05) is 13.1 Å². The molecule has 1 aliphatic carbocycles. The van der Waals surface area contributed by atoms with Crippen molar-refractivity contribution in [2.24, 2.45) is 5.92 Å². The molecule has 0 bridgehead atoms. The fourth-order valence-corrected chi connectivity index (χ4v) is 4.19. The number of likely N-dealkylation sites (tertiary alicyclic amines) is 1. The Kier molecular flexibility index (Phi) is 6.52. The van der Waals surface area contributed by atoms with E-state index < -0.39 is 11.7 Å². The summed E-state index contributed by atoms with van der Waals surface area (Å²) in [6.45, 7) is 0.901. The van der Waals surface area contributed by atoms with E-state index in [1.54, 1.807) is 4.90 Å². The summed E-state index contributed by atoms with van der Waals surface area (Å²) in [7, 11) is 0. The molecular weight excluding hydrogens is 355 g/mol. The highest BCUT2D eigenvalue weighted by Crippen LogP contribution is 2.25. The van der Waals surface area contributed by atoms with Crippen molar-refractivity contribution < 1.29 is 14.0 Å². The van der Waals surface area contributed by atoms with Crippen molar-refractivity contribution in [2.45, 2.75) is 57.4 Å². The minimum Gasteiger partial charge on any atom is -0.353 e. The van der Waals surface area contributed by atoms with Gasteiger partial charge in [0.05, 0.1) is 10.6 Å². The predicted molar refractivity (Wildman–Crippen MR) is 99.7 cm³/mol. The van der Waals surface area contributed by atoms with Crippen molar-refractivity contribution in [3.63, 3.8) is 0 Å². The number of benzene rings is 1. The predicted octanol–water partition coefficient (Wildman–Crippen LogP) is 4.17. The summed E-state index contributed by atoms with van der Waals surface area (Å²) in [6.07, 6.45) is 8.22. The largest absolute Gasteiger partial charge is 0.353 e. The Hall–Kier alpha value is -1.62. The zero-order valence-electron chi connectivity index (χ0n) is 15.0. The van der Waals surface area contributed by atoms with Gasteiger partial charge in [0.2, 0.25) is 5.91 Å². The summed E-state index contributed by atoms with van der Waals surface area (Å²) in [5, 5.41) is 3.33. The fourth-order valence-electron chi connectivity index (χ4n) is 3.95. The average Bonchev–Trinajstić information content (AvgIpc) is 2.90. The van der Waals surface area contributed by atoms with Gasteiger partial charge in [-0.2, -0.15) is 0 Å². The molecule has 4 nitrogen and oxygen atoms in total. The van der Waals surface area contributed by atoms with Crippen LogP contribution in [0.4, 0.5) is 4.39 Å². The molecule has 2 fully saturated rings. The Morgan fingerprint density at radius 1 is 1.04 bits per heavy atom. The first-order valence-electron chi connectivity index (χ1n) is 9.60. The molecule has 1 N–H and O–H groups in total. The Balaban J connectivity index is 1.53. The molecule has 0 radical (unpaired) electrons. The number of carbonyl (C=O) groups is 2. The van der Waals surface area contributed by atoms with Crippen LogP contribution < -0.4 is 5.32 Å². The Bertz CT molecular complexity index is 631. The van der Waals surface area contributed by atoms with Gasteiger partial charge in [-0.1, -0.05) is 43.4 Å². The van der Waals surface area contributed by atoms with Crippen molar-refractivity contribution in [1.29, 1.82) is 0 Å². The van der Waals surface area contributed by atoms with Crippen molar-refractivity contribution >= 4 is 23.4 Å². The lowest BCUT2D eigenvalue weighted by atomic mass is 9.94. The van der Waals surface area contributed by atoms with Gasteiger partial charge in [-0.3, -0.25) is 9.59 Å². The Morgan fingerprint density at radius 3 is 2.31 bits per heavy atom. The highest BCUT2D eigenvalue weighted by molar-refractivity contribution is 6.33. The second kappa shape index (κ2) is 8.85. The van der Waals surface area contributed by atoms with Gasteiger partial charge in [-0.15, -0.1) is 0 Å². The molecule has 1 saturated heterocycles. The number of hydrogen-bond donors (Lipinski definition) is 1. The maximum Gasteiger partial charge on any atom is 0.258 e. The summed E-state index contributed by atoms with van der Waals surface area (Å²) in [5.74, 6) is -0.960. The summed E-state index contributed by atoms with van der Waals surface area (Å²) in [4.78, 5) is 26.7. The van der Waals surface area contributed by atoms with Crippen molar-refractivity contribution in [3.05, 3.63) is 34.6 Å². The van der Waals surface area contributed by atoms with Gasteiger partial charge in [-0.25, -0.2) is 4.39 Å². The molecule has 6 heteroatoms. The van der Waals surface area contributed by atoms with Crippen LogP contribution in [0.3, 0.4) is 0 Å². The van der Waals surface area contributed by atoms with Crippen LogP contribution in [0.2, 0.25) is 5.02 Å². The number of amides is 2. The molecule has 3 rings (SSSR count). The number of piperidine rings is 1. The molecule has 0 aromatic heterocycles. The van der Waals surface area contributed by atoms with Gasteiger partial charge in [0.1, 0.15) is 5.82 Å². The number of carbonyl (C=O) groups excluding carboxylic acids is 2. The van der Waals surface area contributed by atoms with E-state index in [4.69, 9.17) is 11.6 Å². The highest BCUT2D eigenvalue weighted by Gasteiger charge is 2.30. The molecule has 2 amide bonds. The van der Waals surface area contributed by atoms with Crippen LogP contribution in [0.1, 0.15) is 61.7 Å². The summed E-state index contributed by atoms with van der Waals surface area (Å²) < 4.78 is 14.0. The van der Waals surface area contributed by atoms with Gasteiger partial charge >= 0.3 is 0 Å².